The molecule has 3 nitrogen and oxygen atoms in total. The van der Waals surface area contributed by atoms with Crippen molar-refractivity contribution in [3.8, 4) is 23.3 Å². The van der Waals surface area contributed by atoms with Crippen molar-refractivity contribution < 1.29 is 9.47 Å². The van der Waals surface area contributed by atoms with Crippen molar-refractivity contribution in [1.29, 1.82) is 0 Å². The molecule has 3 heteroatoms. The molecule has 0 saturated heterocycles. The van der Waals surface area contributed by atoms with E-state index in [0.717, 1.165) is 36.3 Å². The van der Waals surface area contributed by atoms with Crippen molar-refractivity contribution >= 4 is 0 Å². The fraction of sp³-hybridized carbons (Fsp3) is 0.429. The number of hydrogen-bond donors (Lipinski definition) is 1. The summed E-state index contributed by atoms with van der Waals surface area (Å²) in [5.74, 6) is 7.82. The molecule has 0 atom stereocenters. The maximum atomic E-state index is 5.60. The summed E-state index contributed by atoms with van der Waals surface area (Å²) in [6, 6.07) is 5.83. The van der Waals surface area contributed by atoms with Gasteiger partial charge in [-0.1, -0.05) is 11.8 Å². The van der Waals surface area contributed by atoms with Gasteiger partial charge in [0.15, 0.2) is 11.5 Å². The summed E-state index contributed by atoms with van der Waals surface area (Å²) < 4.78 is 11.2. The highest BCUT2D eigenvalue weighted by Gasteiger charge is 2.09. The molecular weight excluding hydrogens is 214 g/mol. The van der Waals surface area contributed by atoms with Gasteiger partial charge in [0.05, 0.1) is 13.2 Å². The second-order valence-electron chi connectivity index (χ2n) is 3.91. The van der Waals surface area contributed by atoms with E-state index in [-0.39, 0.29) is 0 Å². The van der Waals surface area contributed by atoms with E-state index in [2.05, 4.69) is 11.8 Å². The molecule has 1 aliphatic heterocycles. The molecule has 1 heterocycles. The van der Waals surface area contributed by atoms with Crippen LogP contribution in [-0.2, 0) is 0 Å². The Hall–Kier alpha value is -1.66. The Labute approximate surface area is 102 Å². The van der Waals surface area contributed by atoms with E-state index in [0.29, 0.717) is 19.8 Å². The molecule has 1 aromatic carbocycles. The van der Waals surface area contributed by atoms with Crippen molar-refractivity contribution in [3.63, 3.8) is 0 Å². The first-order chi connectivity index (χ1) is 8.40. The lowest BCUT2D eigenvalue weighted by Gasteiger charge is -2.06. The fourth-order valence-corrected chi connectivity index (χ4v) is 1.60. The van der Waals surface area contributed by atoms with E-state index in [1.165, 1.54) is 0 Å². The Kier molecular flexibility index (Phi) is 4.29. The largest absolute Gasteiger partial charge is 0.490 e. The van der Waals surface area contributed by atoms with Gasteiger partial charge in [-0.15, -0.1) is 0 Å². The molecule has 1 aromatic rings. The molecule has 0 amide bonds. The zero-order valence-corrected chi connectivity index (χ0v) is 9.87. The summed E-state index contributed by atoms with van der Waals surface area (Å²) in [5, 5.41) is 0. The minimum absolute atomic E-state index is 0.690. The van der Waals surface area contributed by atoms with E-state index in [4.69, 9.17) is 15.2 Å². The molecule has 0 saturated carbocycles. The van der Waals surface area contributed by atoms with Crippen molar-refractivity contribution in [1.82, 2.24) is 0 Å². The SMILES string of the molecule is NCCCC#Cc1ccc2c(c1)OCCCO2. The Morgan fingerprint density at radius 2 is 2.00 bits per heavy atom. The highest BCUT2D eigenvalue weighted by atomic mass is 16.5. The lowest BCUT2D eigenvalue weighted by molar-refractivity contribution is 0.297. The summed E-state index contributed by atoms with van der Waals surface area (Å²) in [6.45, 7) is 2.11. The van der Waals surface area contributed by atoms with Crippen LogP contribution in [0.5, 0.6) is 11.5 Å². The van der Waals surface area contributed by atoms with Crippen LogP contribution in [0.4, 0.5) is 0 Å². The highest BCUT2D eigenvalue weighted by molar-refractivity contribution is 5.48. The lowest BCUT2D eigenvalue weighted by atomic mass is 10.2. The molecule has 90 valence electrons. The summed E-state index contributed by atoms with van der Waals surface area (Å²) in [7, 11) is 0. The van der Waals surface area contributed by atoms with Gasteiger partial charge < -0.3 is 15.2 Å². The first-order valence-electron chi connectivity index (χ1n) is 5.99. The number of rotatable bonds is 2. The fourth-order valence-electron chi connectivity index (χ4n) is 1.60. The first-order valence-corrected chi connectivity index (χ1v) is 5.99. The standard InChI is InChI=1S/C14H17NO2/c15-8-3-1-2-5-12-6-7-13-14(11-12)17-10-4-9-16-13/h6-7,11H,1,3-4,8-10,15H2. The van der Waals surface area contributed by atoms with Crippen LogP contribution in [0.3, 0.4) is 0 Å². The van der Waals surface area contributed by atoms with Gasteiger partial charge in [0.1, 0.15) is 0 Å². The molecular formula is C14H17NO2. The number of hydrogen-bond acceptors (Lipinski definition) is 3. The Bertz CT molecular complexity index is 432. The second-order valence-corrected chi connectivity index (χ2v) is 3.91. The predicted molar refractivity (Wildman–Crippen MR) is 67.2 cm³/mol. The molecule has 0 spiro atoms. The average molecular weight is 231 g/mol. The van der Waals surface area contributed by atoms with Crippen LogP contribution in [0, 0.1) is 11.8 Å². The maximum Gasteiger partial charge on any atom is 0.162 e. The van der Waals surface area contributed by atoms with Crippen LogP contribution in [0.25, 0.3) is 0 Å². The lowest BCUT2D eigenvalue weighted by Crippen LogP contribution is -1.97. The van der Waals surface area contributed by atoms with Gasteiger partial charge in [-0.2, -0.15) is 0 Å². The molecule has 0 unspecified atom stereocenters. The van der Waals surface area contributed by atoms with E-state index < -0.39 is 0 Å². The summed E-state index contributed by atoms with van der Waals surface area (Å²) in [6.07, 6.45) is 2.70. The Balaban J connectivity index is 2.08. The molecule has 2 N–H and O–H groups in total. The second kappa shape index (κ2) is 6.17. The summed E-state index contributed by atoms with van der Waals surface area (Å²) in [4.78, 5) is 0. The molecule has 0 aliphatic carbocycles. The maximum absolute atomic E-state index is 5.60. The van der Waals surface area contributed by atoms with Crippen molar-refractivity contribution in [2.75, 3.05) is 19.8 Å². The number of fused-ring (bicyclic) bond motifs is 1. The van der Waals surface area contributed by atoms with Crippen LogP contribution in [0.2, 0.25) is 0 Å². The highest BCUT2D eigenvalue weighted by Crippen LogP contribution is 2.30. The number of benzene rings is 1. The van der Waals surface area contributed by atoms with Crippen LogP contribution < -0.4 is 15.2 Å². The molecule has 0 fully saturated rings. The van der Waals surface area contributed by atoms with Crippen LogP contribution in [0.1, 0.15) is 24.8 Å². The average Bonchev–Trinajstić information content (AvgIpc) is 2.59. The van der Waals surface area contributed by atoms with Crippen LogP contribution in [-0.4, -0.2) is 19.8 Å². The third-order valence-corrected chi connectivity index (χ3v) is 2.49. The molecule has 17 heavy (non-hydrogen) atoms. The van der Waals surface area contributed by atoms with E-state index in [1.807, 2.05) is 18.2 Å². The summed E-state index contributed by atoms with van der Waals surface area (Å²) >= 11 is 0. The zero-order chi connectivity index (χ0) is 11.9. The quantitative estimate of drug-likeness (QED) is 0.625. The number of nitrogens with two attached hydrogens (primary N) is 1. The number of unbranched alkanes of at least 4 members (excludes halogenated alkanes) is 1. The molecule has 0 aromatic heterocycles. The molecule has 0 bridgehead atoms. The predicted octanol–water partition coefficient (Wildman–Crippen LogP) is 1.94. The number of ether oxygens (including phenoxy) is 2. The van der Waals surface area contributed by atoms with Gasteiger partial charge in [0.25, 0.3) is 0 Å². The third kappa shape index (κ3) is 3.40. The minimum Gasteiger partial charge on any atom is -0.490 e. The Morgan fingerprint density at radius 1 is 1.18 bits per heavy atom. The molecule has 2 rings (SSSR count). The van der Waals surface area contributed by atoms with Crippen LogP contribution in [0.15, 0.2) is 18.2 Å². The van der Waals surface area contributed by atoms with Crippen LogP contribution >= 0.6 is 0 Å². The van der Waals surface area contributed by atoms with Gasteiger partial charge in [-0.25, -0.2) is 0 Å². The summed E-state index contributed by atoms with van der Waals surface area (Å²) in [5.41, 5.74) is 6.38. The van der Waals surface area contributed by atoms with E-state index in [9.17, 15) is 0 Å². The van der Waals surface area contributed by atoms with Gasteiger partial charge >= 0.3 is 0 Å². The van der Waals surface area contributed by atoms with E-state index in [1.54, 1.807) is 0 Å². The zero-order valence-electron chi connectivity index (χ0n) is 9.87. The third-order valence-electron chi connectivity index (χ3n) is 2.49. The van der Waals surface area contributed by atoms with E-state index >= 15 is 0 Å². The van der Waals surface area contributed by atoms with Gasteiger partial charge in [-0.05, 0) is 31.2 Å². The monoisotopic (exact) mass is 231 g/mol. The van der Waals surface area contributed by atoms with Gasteiger partial charge in [0.2, 0.25) is 0 Å². The van der Waals surface area contributed by atoms with Gasteiger partial charge in [-0.3, -0.25) is 0 Å². The minimum atomic E-state index is 0.690. The molecule has 1 aliphatic rings. The van der Waals surface area contributed by atoms with Crippen molar-refractivity contribution in [3.05, 3.63) is 23.8 Å². The first kappa shape index (κ1) is 11.8. The molecule has 0 radical (unpaired) electrons. The smallest absolute Gasteiger partial charge is 0.162 e. The topological polar surface area (TPSA) is 44.5 Å². The van der Waals surface area contributed by atoms with Gasteiger partial charge in [0, 0.05) is 18.4 Å². The van der Waals surface area contributed by atoms with Crippen molar-refractivity contribution in [2.45, 2.75) is 19.3 Å². The normalized spacial score (nSPS) is 13.5. The van der Waals surface area contributed by atoms with Crippen molar-refractivity contribution in [2.24, 2.45) is 5.73 Å². The Morgan fingerprint density at radius 3 is 2.82 bits per heavy atom.